The zero-order valence-electron chi connectivity index (χ0n) is 18.5. The summed E-state index contributed by atoms with van der Waals surface area (Å²) in [7, 11) is -12.0. The number of nitrogens with zero attached hydrogens (tertiary/aromatic N) is 3. The third-order valence-corrected chi connectivity index (χ3v) is 4.39. The fourth-order valence-corrected chi connectivity index (χ4v) is 2.89. The molecule has 0 aliphatic rings. The van der Waals surface area contributed by atoms with Gasteiger partial charge in [-0.25, -0.2) is 4.98 Å². The van der Waals surface area contributed by atoms with Crippen LogP contribution in [0, 0.1) is 0 Å². The molecule has 4 aromatic rings. The summed E-state index contributed by atoms with van der Waals surface area (Å²) in [6, 6.07) is 24.1. The maximum absolute atomic E-state index is 9.75. The van der Waals surface area contributed by atoms with Crippen molar-refractivity contribution < 1.29 is 55.6 Å². The molecule has 0 radical (unpaired) electrons. The summed E-state index contributed by atoms with van der Waals surface area (Å²) >= 11 is 3.49. The summed E-state index contributed by atoms with van der Waals surface area (Å²) in [5, 5.41) is 0. The van der Waals surface area contributed by atoms with Crippen molar-refractivity contribution in [2.75, 3.05) is 0 Å². The van der Waals surface area contributed by atoms with Gasteiger partial charge in [0.2, 0.25) is 0 Å². The minimum Gasteiger partial charge on any atom is -0.418 e. The molecule has 0 unspecified atom stereocenters. The summed E-state index contributed by atoms with van der Waals surface area (Å²) in [5.74, 6) is 0. The van der Waals surface area contributed by atoms with Crippen LogP contribution in [0.5, 0.6) is 0 Å². The molecule has 200 valence electrons. The van der Waals surface area contributed by atoms with Gasteiger partial charge in [-0.2, -0.15) is 0 Å². The maximum Gasteiger partial charge on any atom is 2.00 e. The number of aromatic nitrogens is 3. The molecule has 16 heteroatoms. The van der Waals surface area contributed by atoms with Crippen LogP contribution < -0.4 is 6.15 Å². The van der Waals surface area contributed by atoms with Crippen LogP contribution in [-0.2, 0) is 21.1 Å². The number of hydrogen-bond donors (Lipinski definition) is 1. The van der Waals surface area contributed by atoms with Gasteiger partial charge in [0.25, 0.3) is 0 Å². The molecule has 4 rings (SSSR count). The van der Waals surface area contributed by atoms with E-state index in [2.05, 4.69) is 50.2 Å². The van der Waals surface area contributed by atoms with E-state index in [4.69, 9.17) is 4.98 Å². The predicted octanol–water partition coefficient (Wildman–Crippen LogP) is 8.39. The van der Waals surface area contributed by atoms with Gasteiger partial charge in [-0.1, -0.05) is 40.2 Å². The molecular weight excluding hydrogens is 757 g/mol. The standard InChI is InChI=1S/C21H14BrN3.2BF4.H3N.Pt/c22-17-9-7-15(8-10-17)16-13-20(18-5-1-3-11-23-18)25-21(14-16)19-6-2-4-12-24-19;2*2-1(3,4)5;;/h1-14H;;;1H3;/q;2*-1;;+2. The first kappa shape index (κ1) is 34.4. The Labute approximate surface area is 230 Å². The average Bonchev–Trinajstić information content (AvgIpc) is 2.78. The molecule has 0 spiro atoms. The molecule has 0 aliphatic heterocycles. The molecule has 3 N–H and O–H groups in total. The summed E-state index contributed by atoms with van der Waals surface area (Å²) in [4.78, 5) is 13.7. The second-order valence-corrected chi connectivity index (χ2v) is 7.47. The maximum atomic E-state index is 9.75. The Morgan fingerprint density at radius 3 is 1.24 bits per heavy atom. The van der Waals surface area contributed by atoms with Crippen molar-refractivity contribution in [1.29, 1.82) is 0 Å². The average molecular weight is 774 g/mol. The summed E-state index contributed by atoms with van der Waals surface area (Å²) < 4.78 is 79.1. The van der Waals surface area contributed by atoms with Crippen LogP contribution in [0.2, 0.25) is 0 Å². The molecule has 3 aromatic heterocycles. The normalized spacial score (nSPS) is 10.4. The predicted molar refractivity (Wildman–Crippen MR) is 129 cm³/mol. The molecule has 1 aromatic carbocycles. The van der Waals surface area contributed by atoms with Gasteiger partial charge in [-0.15, -0.1) is 0 Å². The molecule has 0 fully saturated rings. The fourth-order valence-electron chi connectivity index (χ4n) is 2.63. The quantitative estimate of drug-likeness (QED) is 0.168. The van der Waals surface area contributed by atoms with Gasteiger partial charge in [0.15, 0.2) is 0 Å². The minimum atomic E-state index is -6.00. The summed E-state index contributed by atoms with van der Waals surface area (Å²) in [6.07, 6.45) is 3.56. The van der Waals surface area contributed by atoms with Crippen LogP contribution in [0.25, 0.3) is 33.9 Å². The van der Waals surface area contributed by atoms with Gasteiger partial charge in [0.1, 0.15) is 0 Å². The Morgan fingerprint density at radius 2 is 0.919 bits per heavy atom. The van der Waals surface area contributed by atoms with E-state index < -0.39 is 14.5 Å². The van der Waals surface area contributed by atoms with Crippen LogP contribution in [0.15, 0.2) is 89.7 Å². The molecule has 0 amide bonds. The zero-order chi connectivity index (χ0) is 26.1. The molecule has 0 atom stereocenters. The van der Waals surface area contributed by atoms with Crippen LogP contribution in [0.4, 0.5) is 34.5 Å². The van der Waals surface area contributed by atoms with Gasteiger partial charge >= 0.3 is 35.6 Å². The molecule has 0 saturated carbocycles. The third-order valence-electron chi connectivity index (χ3n) is 3.86. The number of pyridine rings is 3. The van der Waals surface area contributed by atoms with E-state index in [1.165, 1.54) is 0 Å². The largest absolute Gasteiger partial charge is 2.00 e. The number of rotatable bonds is 3. The molecule has 4 nitrogen and oxygen atoms in total. The smallest absolute Gasteiger partial charge is 0.418 e. The number of halogens is 9. The van der Waals surface area contributed by atoms with Crippen LogP contribution in [0.3, 0.4) is 0 Å². The van der Waals surface area contributed by atoms with Crippen molar-refractivity contribution in [3.05, 3.63) is 89.7 Å². The Kier molecular flexibility index (Phi) is 14.5. The van der Waals surface area contributed by atoms with Gasteiger partial charge in [0.05, 0.1) is 22.8 Å². The zero-order valence-corrected chi connectivity index (χ0v) is 22.4. The Morgan fingerprint density at radius 1 is 0.541 bits per heavy atom. The fraction of sp³-hybridized carbons (Fsp3) is 0. The Hall–Kier alpha value is -2.63. The SMILES string of the molecule is Brc1ccc(-c2cc(-c3ccccn3)nc(-c3ccccn3)c2)cc1.F[B-](F)(F)F.F[B-](F)(F)F.N.[Pt+2]. The monoisotopic (exact) mass is 773 g/mol. The molecule has 0 bridgehead atoms. The number of hydrogen-bond acceptors (Lipinski definition) is 4. The van der Waals surface area contributed by atoms with E-state index in [1.54, 1.807) is 12.4 Å². The van der Waals surface area contributed by atoms with Crippen LogP contribution in [-0.4, -0.2) is 29.5 Å². The van der Waals surface area contributed by atoms with Crippen LogP contribution >= 0.6 is 15.9 Å². The van der Waals surface area contributed by atoms with Gasteiger partial charge < -0.3 is 40.7 Å². The van der Waals surface area contributed by atoms with Crippen LogP contribution in [0.1, 0.15) is 0 Å². The third kappa shape index (κ3) is 14.6. The van der Waals surface area contributed by atoms with Crippen molar-refractivity contribution in [3.8, 4) is 33.9 Å². The van der Waals surface area contributed by atoms with E-state index in [1.807, 2.05) is 48.5 Å². The van der Waals surface area contributed by atoms with Crippen molar-refractivity contribution in [1.82, 2.24) is 21.1 Å². The van der Waals surface area contributed by atoms with E-state index in [-0.39, 0.29) is 27.2 Å². The molecule has 0 saturated heterocycles. The topological polar surface area (TPSA) is 73.7 Å². The first-order valence-electron chi connectivity index (χ1n) is 9.65. The van der Waals surface area contributed by atoms with Crippen molar-refractivity contribution in [3.63, 3.8) is 0 Å². The molecular formula is C21H17B2BrF8N4Pt. The first-order valence-corrected chi connectivity index (χ1v) is 10.4. The van der Waals surface area contributed by atoms with Crippen molar-refractivity contribution >= 4 is 30.4 Å². The Balaban J connectivity index is 0.000000930. The van der Waals surface area contributed by atoms with E-state index >= 15 is 0 Å². The van der Waals surface area contributed by atoms with E-state index in [9.17, 15) is 34.5 Å². The molecule has 3 heterocycles. The van der Waals surface area contributed by atoms with Crippen molar-refractivity contribution in [2.45, 2.75) is 0 Å². The minimum absolute atomic E-state index is 0. The van der Waals surface area contributed by atoms with Gasteiger partial charge in [-0.05, 0) is 59.7 Å². The first-order chi connectivity index (χ1) is 16.3. The van der Waals surface area contributed by atoms with E-state index in [0.29, 0.717) is 0 Å². The van der Waals surface area contributed by atoms with Gasteiger partial charge in [0, 0.05) is 16.9 Å². The number of benzene rings is 1. The summed E-state index contributed by atoms with van der Waals surface area (Å²) in [6.45, 7) is 0. The second-order valence-electron chi connectivity index (χ2n) is 6.55. The molecule has 0 aliphatic carbocycles. The van der Waals surface area contributed by atoms with Crippen molar-refractivity contribution in [2.24, 2.45) is 0 Å². The van der Waals surface area contributed by atoms with E-state index in [0.717, 1.165) is 38.4 Å². The second kappa shape index (κ2) is 15.6. The Bertz CT molecular complexity index is 1120. The molecule has 37 heavy (non-hydrogen) atoms. The summed E-state index contributed by atoms with van der Waals surface area (Å²) in [5.41, 5.74) is 5.57. The van der Waals surface area contributed by atoms with Gasteiger partial charge in [-0.3, -0.25) is 9.97 Å².